The Bertz CT molecular complexity index is 286. The molecule has 1 atom stereocenters. The molecule has 72 valence electrons. The Morgan fingerprint density at radius 1 is 1.54 bits per heavy atom. The minimum Gasteiger partial charge on any atom is -0.492 e. The summed E-state index contributed by atoms with van der Waals surface area (Å²) in [6.07, 6.45) is 0. The molecule has 1 aromatic rings. The Labute approximate surface area is 83.6 Å². The van der Waals surface area contributed by atoms with Crippen LogP contribution in [0.5, 0.6) is 5.75 Å². The van der Waals surface area contributed by atoms with Gasteiger partial charge in [0.1, 0.15) is 12.4 Å². The summed E-state index contributed by atoms with van der Waals surface area (Å²) in [6, 6.07) is 5.62. The fraction of sp³-hybridized carbons (Fsp3) is 0.400. The molecule has 0 radical (unpaired) electrons. The highest BCUT2D eigenvalue weighted by atomic mass is 35.5. The van der Waals surface area contributed by atoms with E-state index in [1.54, 1.807) is 6.07 Å². The maximum absolute atomic E-state index is 5.82. The number of aryl methyl sites for hydroxylation is 1. The standard InChI is InChI=1S/C10H14ClNO/c1-7-3-4-9(11)5-10(7)13-6-8(2)12/h3-5,8H,6,12H2,1-2H3/t8-/m1/s1. The topological polar surface area (TPSA) is 35.2 Å². The van der Waals surface area contributed by atoms with Gasteiger partial charge in [0.2, 0.25) is 0 Å². The van der Waals surface area contributed by atoms with Crippen LogP contribution in [-0.4, -0.2) is 12.6 Å². The van der Waals surface area contributed by atoms with Crippen LogP contribution in [0.25, 0.3) is 0 Å². The zero-order valence-corrected chi connectivity index (χ0v) is 8.64. The molecule has 2 nitrogen and oxygen atoms in total. The van der Waals surface area contributed by atoms with Gasteiger partial charge in [-0.05, 0) is 31.5 Å². The van der Waals surface area contributed by atoms with Crippen LogP contribution < -0.4 is 10.5 Å². The van der Waals surface area contributed by atoms with Crippen LogP contribution in [0.3, 0.4) is 0 Å². The molecule has 0 aromatic heterocycles. The van der Waals surface area contributed by atoms with Crippen LogP contribution in [0.1, 0.15) is 12.5 Å². The van der Waals surface area contributed by atoms with Crippen LogP contribution in [0.15, 0.2) is 18.2 Å². The van der Waals surface area contributed by atoms with Crippen molar-refractivity contribution in [3.8, 4) is 5.75 Å². The second-order valence-electron chi connectivity index (χ2n) is 3.20. The van der Waals surface area contributed by atoms with E-state index in [2.05, 4.69) is 0 Å². The first-order valence-corrected chi connectivity index (χ1v) is 4.62. The van der Waals surface area contributed by atoms with E-state index >= 15 is 0 Å². The molecule has 0 amide bonds. The molecule has 0 saturated heterocycles. The second kappa shape index (κ2) is 4.49. The van der Waals surface area contributed by atoms with E-state index in [0.717, 1.165) is 11.3 Å². The van der Waals surface area contributed by atoms with Crippen LogP contribution in [0, 0.1) is 6.92 Å². The average Bonchev–Trinajstić information content (AvgIpc) is 2.06. The number of rotatable bonds is 3. The van der Waals surface area contributed by atoms with E-state index in [1.807, 2.05) is 26.0 Å². The van der Waals surface area contributed by atoms with Crippen molar-refractivity contribution in [1.29, 1.82) is 0 Å². The second-order valence-corrected chi connectivity index (χ2v) is 3.63. The lowest BCUT2D eigenvalue weighted by Gasteiger charge is -2.11. The van der Waals surface area contributed by atoms with E-state index in [9.17, 15) is 0 Å². The van der Waals surface area contributed by atoms with Crippen molar-refractivity contribution in [2.24, 2.45) is 5.73 Å². The molecular formula is C10H14ClNO. The zero-order chi connectivity index (χ0) is 9.84. The van der Waals surface area contributed by atoms with E-state index in [0.29, 0.717) is 11.6 Å². The summed E-state index contributed by atoms with van der Waals surface area (Å²) in [7, 11) is 0. The van der Waals surface area contributed by atoms with E-state index in [4.69, 9.17) is 22.1 Å². The Balaban J connectivity index is 2.70. The number of hydrogen-bond acceptors (Lipinski definition) is 2. The van der Waals surface area contributed by atoms with Gasteiger partial charge in [0.25, 0.3) is 0 Å². The molecule has 2 N–H and O–H groups in total. The highest BCUT2D eigenvalue weighted by Crippen LogP contribution is 2.22. The molecule has 0 spiro atoms. The van der Waals surface area contributed by atoms with Gasteiger partial charge in [-0.15, -0.1) is 0 Å². The van der Waals surface area contributed by atoms with E-state index in [-0.39, 0.29) is 6.04 Å². The Morgan fingerprint density at radius 2 is 2.23 bits per heavy atom. The fourth-order valence-corrected chi connectivity index (χ4v) is 1.11. The van der Waals surface area contributed by atoms with Gasteiger partial charge in [-0.3, -0.25) is 0 Å². The zero-order valence-electron chi connectivity index (χ0n) is 7.88. The van der Waals surface area contributed by atoms with Gasteiger partial charge in [-0.25, -0.2) is 0 Å². The lowest BCUT2D eigenvalue weighted by Crippen LogP contribution is -2.23. The molecule has 0 heterocycles. The van der Waals surface area contributed by atoms with Crippen molar-refractivity contribution in [1.82, 2.24) is 0 Å². The number of halogens is 1. The van der Waals surface area contributed by atoms with Gasteiger partial charge in [-0.2, -0.15) is 0 Å². The summed E-state index contributed by atoms with van der Waals surface area (Å²) in [5.41, 5.74) is 6.64. The van der Waals surface area contributed by atoms with Gasteiger partial charge in [0, 0.05) is 11.1 Å². The molecule has 0 bridgehead atoms. The molecule has 0 aliphatic rings. The van der Waals surface area contributed by atoms with Crippen LogP contribution >= 0.6 is 11.6 Å². The van der Waals surface area contributed by atoms with Crippen molar-refractivity contribution >= 4 is 11.6 Å². The third kappa shape index (κ3) is 3.25. The first-order valence-electron chi connectivity index (χ1n) is 4.24. The highest BCUT2D eigenvalue weighted by Gasteiger charge is 2.01. The van der Waals surface area contributed by atoms with Gasteiger partial charge < -0.3 is 10.5 Å². The highest BCUT2D eigenvalue weighted by molar-refractivity contribution is 6.30. The summed E-state index contributed by atoms with van der Waals surface area (Å²) in [5.74, 6) is 0.810. The molecule has 0 unspecified atom stereocenters. The van der Waals surface area contributed by atoms with Crippen molar-refractivity contribution in [2.45, 2.75) is 19.9 Å². The van der Waals surface area contributed by atoms with E-state index in [1.165, 1.54) is 0 Å². The lowest BCUT2D eigenvalue weighted by molar-refractivity contribution is 0.294. The first kappa shape index (κ1) is 10.4. The maximum atomic E-state index is 5.82. The summed E-state index contributed by atoms with van der Waals surface area (Å²) >= 11 is 5.82. The monoisotopic (exact) mass is 199 g/mol. The van der Waals surface area contributed by atoms with E-state index < -0.39 is 0 Å². The van der Waals surface area contributed by atoms with Gasteiger partial charge in [0.15, 0.2) is 0 Å². The molecule has 13 heavy (non-hydrogen) atoms. The van der Waals surface area contributed by atoms with Crippen molar-refractivity contribution < 1.29 is 4.74 Å². The number of benzene rings is 1. The Kier molecular flexibility index (Phi) is 3.58. The van der Waals surface area contributed by atoms with Crippen molar-refractivity contribution in [3.05, 3.63) is 28.8 Å². The molecule has 0 saturated carbocycles. The van der Waals surface area contributed by atoms with Gasteiger partial charge in [-0.1, -0.05) is 17.7 Å². The molecule has 1 rings (SSSR count). The van der Waals surface area contributed by atoms with Gasteiger partial charge in [0.05, 0.1) is 0 Å². The van der Waals surface area contributed by atoms with Gasteiger partial charge >= 0.3 is 0 Å². The predicted molar refractivity (Wildman–Crippen MR) is 55.3 cm³/mol. The minimum absolute atomic E-state index is 0.0402. The first-order chi connectivity index (χ1) is 6.09. The third-order valence-electron chi connectivity index (χ3n) is 1.65. The molecule has 0 fully saturated rings. The summed E-state index contributed by atoms with van der Waals surface area (Å²) in [4.78, 5) is 0. The smallest absolute Gasteiger partial charge is 0.123 e. The van der Waals surface area contributed by atoms with Crippen molar-refractivity contribution in [3.63, 3.8) is 0 Å². The maximum Gasteiger partial charge on any atom is 0.123 e. The number of ether oxygens (including phenoxy) is 1. The number of nitrogens with two attached hydrogens (primary N) is 1. The average molecular weight is 200 g/mol. The quantitative estimate of drug-likeness (QED) is 0.812. The lowest BCUT2D eigenvalue weighted by atomic mass is 10.2. The van der Waals surface area contributed by atoms with Crippen molar-refractivity contribution in [2.75, 3.05) is 6.61 Å². The van der Waals surface area contributed by atoms with Crippen LogP contribution in [0.2, 0.25) is 5.02 Å². The summed E-state index contributed by atoms with van der Waals surface area (Å²) in [6.45, 7) is 4.40. The molecule has 3 heteroatoms. The molecule has 0 aliphatic carbocycles. The Hall–Kier alpha value is -0.730. The Morgan fingerprint density at radius 3 is 2.85 bits per heavy atom. The minimum atomic E-state index is 0.0402. The SMILES string of the molecule is Cc1ccc(Cl)cc1OC[C@@H](C)N. The number of hydrogen-bond donors (Lipinski definition) is 1. The predicted octanol–water partition coefficient (Wildman–Crippen LogP) is 2.37. The van der Waals surface area contributed by atoms with Crippen LogP contribution in [-0.2, 0) is 0 Å². The largest absolute Gasteiger partial charge is 0.492 e. The fourth-order valence-electron chi connectivity index (χ4n) is 0.951. The normalized spacial score (nSPS) is 12.6. The molecule has 1 aromatic carbocycles. The third-order valence-corrected chi connectivity index (χ3v) is 1.89. The van der Waals surface area contributed by atoms with Crippen LogP contribution in [0.4, 0.5) is 0 Å². The summed E-state index contributed by atoms with van der Waals surface area (Å²) < 4.78 is 5.47. The molecular weight excluding hydrogens is 186 g/mol. The molecule has 0 aliphatic heterocycles. The summed E-state index contributed by atoms with van der Waals surface area (Å²) in [5, 5.41) is 0.685.